The average molecular weight is 253 g/mol. The van der Waals surface area contributed by atoms with E-state index in [1.807, 2.05) is 0 Å². The summed E-state index contributed by atoms with van der Waals surface area (Å²) in [5.41, 5.74) is 3.92. The van der Waals surface area contributed by atoms with Gasteiger partial charge >= 0.3 is 0 Å². The van der Waals surface area contributed by atoms with Gasteiger partial charge in [-0.1, -0.05) is 61.9 Å². The van der Waals surface area contributed by atoms with E-state index in [2.05, 4.69) is 80.7 Å². The molecule has 19 heavy (non-hydrogen) atoms. The second-order valence-corrected chi connectivity index (χ2v) is 5.51. The number of hydrogen-bond acceptors (Lipinski definition) is 1. The lowest BCUT2D eigenvalue weighted by molar-refractivity contribution is 0.517. The molecule has 1 heteroatoms. The third-order valence-electron chi connectivity index (χ3n) is 3.61. The minimum absolute atomic E-state index is 0.544. The molecule has 0 aromatic heterocycles. The lowest BCUT2D eigenvalue weighted by Crippen LogP contribution is -2.17. The van der Waals surface area contributed by atoms with Crippen LogP contribution in [0.1, 0.15) is 30.9 Å². The lowest BCUT2D eigenvalue weighted by atomic mass is 9.88. The Kier molecular flexibility index (Phi) is 4.62. The van der Waals surface area contributed by atoms with Crippen molar-refractivity contribution >= 4 is 5.69 Å². The van der Waals surface area contributed by atoms with Gasteiger partial charge in [0, 0.05) is 18.2 Å². The highest BCUT2D eigenvalue weighted by Crippen LogP contribution is 2.24. The molecule has 0 aliphatic carbocycles. The van der Waals surface area contributed by atoms with Crippen molar-refractivity contribution < 1.29 is 0 Å². The molecule has 0 aliphatic rings. The number of nitrogens with one attached hydrogen (secondary N) is 1. The van der Waals surface area contributed by atoms with Crippen LogP contribution in [-0.4, -0.2) is 6.54 Å². The van der Waals surface area contributed by atoms with Crippen molar-refractivity contribution in [2.75, 3.05) is 11.9 Å². The minimum atomic E-state index is 0.544. The smallest absolute Gasteiger partial charge is 0.0340 e. The second-order valence-electron chi connectivity index (χ2n) is 5.51. The lowest BCUT2D eigenvalue weighted by Gasteiger charge is -2.22. The van der Waals surface area contributed by atoms with E-state index in [1.54, 1.807) is 0 Å². The molecule has 2 aromatic rings. The molecule has 1 atom stereocenters. The zero-order valence-electron chi connectivity index (χ0n) is 12.1. The number of benzene rings is 2. The number of rotatable bonds is 5. The summed E-state index contributed by atoms with van der Waals surface area (Å²) in [4.78, 5) is 0. The average Bonchev–Trinajstić information content (AvgIpc) is 2.42. The zero-order valence-corrected chi connectivity index (χ0v) is 12.1. The summed E-state index contributed by atoms with van der Waals surface area (Å²) in [5, 5.41) is 3.55. The van der Waals surface area contributed by atoms with E-state index in [0.717, 1.165) is 6.54 Å². The Morgan fingerprint density at radius 2 is 1.53 bits per heavy atom. The SMILES string of the molecule is Cc1ccc(NCC(c2ccccc2)C(C)C)cc1. The van der Waals surface area contributed by atoms with Gasteiger partial charge < -0.3 is 5.32 Å². The Labute approximate surface area is 116 Å². The zero-order chi connectivity index (χ0) is 13.7. The van der Waals surface area contributed by atoms with Crippen molar-refractivity contribution in [1.82, 2.24) is 0 Å². The van der Waals surface area contributed by atoms with Gasteiger partial charge in [0.2, 0.25) is 0 Å². The van der Waals surface area contributed by atoms with Gasteiger partial charge in [0.05, 0.1) is 0 Å². The fourth-order valence-electron chi connectivity index (χ4n) is 2.34. The van der Waals surface area contributed by atoms with Crippen LogP contribution in [0.2, 0.25) is 0 Å². The van der Waals surface area contributed by atoms with E-state index in [4.69, 9.17) is 0 Å². The first-order chi connectivity index (χ1) is 9.16. The van der Waals surface area contributed by atoms with Gasteiger partial charge in [-0.05, 0) is 30.5 Å². The van der Waals surface area contributed by atoms with E-state index in [9.17, 15) is 0 Å². The molecule has 0 radical (unpaired) electrons. The molecular formula is C18H23N. The third-order valence-corrected chi connectivity index (χ3v) is 3.61. The van der Waals surface area contributed by atoms with Crippen LogP contribution in [0.3, 0.4) is 0 Å². The Morgan fingerprint density at radius 3 is 2.11 bits per heavy atom. The Balaban J connectivity index is 2.04. The first kappa shape index (κ1) is 13.7. The second kappa shape index (κ2) is 6.42. The van der Waals surface area contributed by atoms with Crippen LogP contribution < -0.4 is 5.32 Å². The maximum atomic E-state index is 3.55. The molecule has 0 bridgehead atoms. The van der Waals surface area contributed by atoms with Crippen LogP contribution in [0.25, 0.3) is 0 Å². The molecular weight excluding hydrogens is 230 g/mol. The molecule has 1 N–H and O–H groups in total. The van der Waals surface area contributed by atoms with Crippen LogP contribution >= 0.6 is 0 Å². The third kappa shape index (κ3) is 3.85. The van der Waals surface area contributed by atoms with E-state index in [-0.39, 0.29) is 0 Å². The predicted octanol–water partition coefficient (Wildman–Crippen LogP) is 4.85. The minimum Gasteiger partial charge on any atom is -0.384 e. The molecule has 1 unspecified atom stereocenters. The summed E-state index contributed by atoms with van der Waals surface area (Å²) in [7, 11) is 0. The molecule has 0 saturated carbocycles. The molecule has 0 aliphatic heterocycles. The van der Waals surface area contributed by atoms with Gasteiger partial charge in [-0.3, -0.25) is 0 Å². The van der Waals surface area contributed by atoms with E-state index >= 15 is 0 Å². The molecule has 0 spiro atoms. The fraction of sp³-hybridized carbons (Fsp3) is 0.333. The van der Waals surface area contributed by atoms with Crippen molar-refractivity contribution in [2.24, 2.45) is 5.92 Å². The molecule has 0 fully saturated rings. The van der Waals surface area contributed by atoms with Crippen molar-refractivity contribution in [3.05, 3.63) is 65.7 Å². The molecule has 1 nitrogen and oxygen atoms in total. The number of aryl methyl sites for hydroxylation is 1. The van der Waals surface area contributed by atoms with Crippen LogP contribution in [-0.2, 0) is 0 Å². The molecule has 0 amide bonds. The number of anilines is 1. The summed E-state index contributed by atoms with van der Waals surface area (Å²) >= 11 is 0. The highest BCUT2D eigenvalue weighted by molar-refractivity contribution is 5.44. The van der Waals surface area contributed by atoms with Crippen molar-refractivity contribution in [3.63, 3.8) is 0 Å². The largest absolute Gasteiger partial charge is 0.384 e. The first-order valence-electron chi connectivity index (χ1n) is 7.02. The Morgan fingerprint density at radius 1 is 0.895 bits per heavy atom. The van der Waals surface area contributed by atoms with Gasteiger partial charge in [0.25, 0.3) is 0 Å². The van der Waals surface area contributed by atoms with Gasteiger partial charge in [0.15, 0.2) is 0 Å². The maximum Gasteiger partial charge on any atom is 0.0340 e. The van der Waals surface area contributed by atoms with Gasteiger partial charge in [0.1, 0.15) is 0 Å². The first-order valence-corrected chi connectivity index (χ1v) is 7.02. The van der Waals surface area contributed by atoms with Crippen LogP contribution in [0.15, 0.2) is 54.6 Å². The molecule has 0 heterocycles. The topological polar surface area (TPSA) is 12.0 Å². The van der Waals surface area contributed by atoms with E-state index in [1.165, 1.54) is 16.8 Å². The van der Waals surface area contributed by atoms with Crippen molar-refractivity contribution in [2.45, 2.75) is 26.7 Å². The molecule has 100 valence electrons. The summed E-state index contributed by atoms with van der Waals surface area (Å²) in [5.74, 6) is 1.17. The van der Waals surface area contributed by atoms with E-state index in [0.29, 0.717) is 11.8 Å². The monoisotopic (exact) mass is 253 g/mol. The maximum absolute atomic E-state index is 3.55. The van der Waals surface area contributed by atoms with Crippen molar-refractivity contribution in [1.29, 1.82) is 0 Å². The van der Waals surface area contributed by atoms with Crippen LogP contribution in [0, 0.1) is 12.8 Å². The van der Waals surface area contributed by atoms with Crippen LogP contribution in [0.5, 0.6) is 0 Å². The van der Waals surface area contributed by atoms with Crippen LogP contribution in [0.4, 0.5) is 5.69 Å². The van der Waals surface area contributed by atoms with Gasteiger partial charge in [-0.25, -0.2) is 0 Å². The normalized spacial score (nSPS) is 12.4. The summed E-state index contributed by atoms with van der Waals surface area (Å²) in [6.07, 6.45) is 0. The quantitative estimate of drug-likeness (QED) is 0.803. The Hall–Kier alpha value is -1.76. The standard InChI is InChI=1S/C18H23N/c1-14(2)18(16-7-5-4-6-8-16)13-19-17-11-9-15(3)10-12-17/h4-12,14,18-19H,13H2,1-3H3. The Bertz CT molecular complexity index is 485. The van der Waals surface area contributed by atoms with E-state index < -0.39 is 0 Å². The summed E-state index contributed by atoms with van der Waals surface area (Å²) in [6, 6.07) is 19.4. The molecule has 2 rings (SSSR count). The summed E-state index contributed by atoms with van der Waals surface area (Å²) in [6.45, 7) is 7.67. The highest BCUT2D eigenvalue weighted by Gasteiger charge is 2.15. The summed E-state index contributed by atoms with van der Waals surface area (Å²) < 4.78 is 0. The van der Waals surface area contributed by atoms with Crippen molar-refractivity contribution in [3.8, 4) is 0 Å². The highest BCUT2D eigenvalue weighted by atomic mass is 14.9. The molecule has 0 saturated heterocycles. The molecule has 2 aromatic carbocycles. The van der Waals surface area contributed by atoms with Gasteiger partial charge in [-0.15, -0.1) is 0 Å². The predicted molar refractivity (Wildman–Crippen MR) is 83.7 cm³/mol. The fourth-order valence-corrected chi connectivity index (χ4v) is 2.34. The van der Waals surface area contributed by atoms with Gasteiger partial charge in [-0.2, -0.15) is 0 Å². The number of hydrogen-bond donors (Lipinski definition) is 1.